The summed E-state index contributed by atoms with van der Waals surface area (Å²) in [5.74, 6) is 0.199. The van der Waals surface area contributed by atoms with Gasteiger partial charge >= 0.3 is 0 Å². The van der Waals surface area contributed by atoms with Crippen LogP contribution in [0, 0.1) is 0 Å². The second-order valence-corrected chi connectivity index (χ2v) is 7.06. The van der Waals surface area contributed by atoms with E-state index >= 15 is 0 Å². The van der Waals surface area contributed by atoms with E-state index in [4.69, 9.17) is 9.88 Å². The molecule has 0 atom stereocenters. The number of hydrogen-bond acceptors (Lipinski definition) is 5. The molecule has 2 aromatic rings. The molecule has 2 aromatic carbocycles. The van der Waals surface area contributed by atoms with E-state index in [0.717, 1.165) is 0 Å². The lowest BCUT2D eigenvalue weighted by Crippen LogP contribution is -2.14. The van der Waals surface area contributed by atoms with Crippen LogP contribution >= 0.6 is 0 Å². The minimum Gasteiger partial charge on any atom is -0.494 e. The molecule has 2 rings (SSSR count). The first-order chi connectivity index (χ1) is 12.3. The molecule has 0 aliphatic carbocycles. The number of carbonyl (C=O) groups excluding carboxylic acids is 2. The van der Waals surface area contributed by atoms with Crippen LogP contribution in [-0.2, 0) is 14.8 Å². The Morgan fingerprint density at radius 2 is 1.62 bits per heavy atom. The third-order valence-corrected chi connectivity index (χ3v) is 4.46. The van der Waals surface area contributed by atoms with Crippen LogP contribution in [0.4, 0.5) is 5.69 Å². The van der Waals surface area contributed by atoms with E-state index in [9.17, 15) is 18.0 Å². The number of Topliss-reactive ketones (excluding diaryl/α,β-unsaturated/α-hetero) is 1. The standard InChI is InChI=1S/C18H20N2O5S/c1-2-25-15-7-3-13(4-8-15)17(21)11-12-18(22)20-14-5-9-16(10-6-14)26(19,23)24/h3-10H,2,11-12H2,1H3,(H,20,22)(H2,19,23,24). The molecule has 0 fully saturated rings. The lowest BCUT2D eigenvalue weighted by Gasteiger charge is -2.07. The van der Waals surface area contributed by atoms with Gasteiger partial charge in [-0.05, 0) is 55.5 Å². The number of rotatable bonds is 8. The van der Waals surface area contributed by atoms with Crippen LogP contribution in [0.25, 0.3) is 0 Å². The van der Waals surface area contributed by atoms with E-state index in [1.54, 1.807) is 24.3 Å². The normalized spacial score (nSPS) is 11.0. The summed E-state index contributed by atoms with van der Waals surface area (Å²) in [6, 6.07) is 12.2. The maximum Gasteiger partial charge on any atom is 0.238 e. The van der Waals surface area contributed by atoms with Gasteiger partial charge in [-0.1, -0.05) is 0 Å². The van der Waals surface area contributed by atoms with Gasteiger partial charge in [0.15, 0.2) is 5.78 Å². The van der Waals surface area contributed by atoms with Gasteiger partial charge in [0.05, 0.1) is 11.5 Å². The van der Waals surface area contributed by atoms with Gasteiger partial charge in [0, 0.05) is 24.1 Å². The molecule has 0 unspecified atom stereocenters. The molecule has 0 bridgehead atoms. The Morgan fingerprint density at radius 1 is 1.00 bits per heavy atom. The van der Waals surface area contributed by atoms with E-state index < -0.39 is 10.0 Å². The number of sulfonamides is 1. The zero-order valence-corrected chi connectivity index (χ0v) is 15.1. The van der Waals surface area contributed by atoms with Crippen LogP contribution in [0.2, 0.25) is 0 Å². The number of carbonyl (C=O) groups is 2. The number of anilines is 1. The van der Waals surface area contributed by atoms with Gasteiger partial charge in [0.25, 0.3) is 0 Å². The van der Waals surface area contributed by atoms with Gasteiger partial charge in [-0.25, -0.2) is 13.6 Å². The van der Waals surface area contributed by atoms with Gasteiger partial charge in [-0.15, -0.1) is 0 Å². The molecule has 0 saturated carbocycles. The summed E-state index contributed by atoms with van der Waals surface area (Å²) < 4.78 is 27.7. The maximum absolute atomic E-state index is 12.1. The number of hydrogen-bond donors (Lipinski definition) is 2. The lowest BCUT2D eigenvalue weighted by atomic mass is 10.1. The van der Waals surface area contributed by atoms with E-state index in [2.05, 4.69) is 5.32 Å². The minimum atomic E-state index is -3.77. The zero-order valence-electron chi connectivity index (χ0n) is 14.3. The van der Waals surface area contributed by atoms with Gasteiger partial charge in [-0.3, -0.25) is 9.59 Å². The highest BCUT2D eigenvalue weighted by Gasteiger charge is 2.11. The fourth-order valence-corrected chi connectivity index (χ4v) is 2.74. The van der Waals surface area contributed by atoms with Crippen molar-refractivity contribution in [3.05, 3.63) is 54.1 Å². The number of nitrogens with two attached hydrogens (primary N) is 1. The molecule has 0 saturated heterocycles. The Bertz CT molecular complexity index is 875. The van der Waals surface area contributed by atoms with E-state index in [1.807, 2.05) is 6.92 Å². The minimum absolute atomic E-state index is 0.0168. The largest absolute Gasteiger partial charge is 0.494 e. The van der Waals surface area contributed by atoms with Crippen molar-refractivity contribution in [1.29, 1.82) is 0 Å². The van der Waals surface area contributed by atoms with Gasteiger partial charge in [0.1, 0.15) is 5.75 Å². The van der Waals surface area contributed by atoms with Crippen molar-refractivity contribution in [1.82, 2.24) is 0 Å². The molecular weight excluding hydrogens is 356 g/mol. The Hall–Kier alpha value is -2.71. The highest BCUT2D eigenvalue weighted by molar-refractivity contribution is 7.89. The second-order valence-electron chi connectivity index (χ2n) is 5.50. The Balaban J connectivity index is 1.87. The third-order valence-electron chi connectivity index (χ3n) is 3.53. The van der Waals surface area contributed by atoms with Crippen molar-refractivity contribution < 1.29 is 22.7 Å². The number of ketones is 1. The Morgan fingerprint density at radius 3 is 2.15 bits per heavy atom. The van der Waals surface area contributed by atoms with Crippen LogP contribution in [0.5, 0.6) is 5.75 Å². The lowest BCUT2D eigenvalue weighted by molar-refractivity contribution is -0.116. The summed E-state index contributed by atoms with van der Waals surface area (Å²) in [6.45, 7) is 2.42. The number of benzene rings is 2. The Kier molecular flexibility index (Phi) is 6.48. The van der Waals surface area contributed by atoms with Crippen molar-refractivity contribution in [3.8, 4) is 5.75 Å². The summed E-state index contributed by atoms with van der Waals surface area (Å²) >= 11 is 0. The highest BCUT2D eigenvalue weighted by Crippen LogP contribution is 2.15. The number of nitrogens with one attached hydrogen (secondary N) is 1. The summed E-state index contributed by atoms with van der Waals surface area (Å²) in [5, 5.41) is 7.62. The van der Waals surface area contributed by atoms with E-state index in [1.165, 1.54) is 24.3 Å². The average Bonchev–Trinajstić information content (AvgIpc) is 2.60. The molecule has 0 spiro atoms. The number of ether oxygens (including phenoxy) is 1. The van der Waals surface area contributed by atoms with Crippen LogP contribution in [-0.4, -0.2) is 26.7 Å². The van der Waals surface area contributed by atoms with Crippen LogP contribution < -0.4 is 15.2 Å². The smallest absolute Gasteiger partial charge is 0.238 e. The molecular formula is C18H20N2O5S. The predicted molar refractivity (Wildman–Crippen MR) is 97.6 cm³/mol. The molecule has 0 aromatic heterocycles. The molecule has 0 heterocycles. The molecule has 1 amide bonds. The van der Waals surface area contributed by atoms with Gasteiger partial charge in [0.2, 0.25) is 15.9 Å². The summed E-state index contributed by atoms with van der Waals surface area (Å²) in [4.78, 5) is 24.0. The van der Waals surface area contributed by atoms with Crippen molar-refractivity contribution in [2.24, 2.45) is 5.14 Å². The fraction of sp³-hybridized carbons (Fsp3) is 0.222. The quantitative estimate of drug-likeness (QED) is 0.686. The zero-order chi connectivity index (χ0) is 19.2. The Labute approximate surface area is 152 Å². The van der Waals surface area contributed by atoms with Crippen LogP contribution in [0.3, 0.4) is 0 Å². The topological polar surface area (TPSA) is 116 Å². The molecule has 0 radical (unpaired) electrons. The summed E-state index contributed by atoms with van der Waals surface area (Å²) in [5.41, 5.74) is 0.940. The first-order valence-corrected chi connectivity index (χ1v) is 9.53. The first kappa shape index (κ1) is 19.6. The van der Waals surface area contributed by atoms with Crippen LogP contribution in [0.1, 0.15) is 30.1 Å². The molecule has 138 valence electrons. The van der Waals surface area contributed by atoms with E-state index in [-0.39, 0.29) is 29.4 Å². The molecule has 26 heavy (non-hydrogen) atoms. The third kappa shape index (κ3) is 5.68. The van der Waals surface area contributed by atoms with E-state index in [0.29, 0.717) is 23.6 Å². The van der Waals surface area contributed by atoms with Gasteiger partial charge < -0.3 is 10.1 Å². The second kappa shape index (κ2) is 8.59. The number of amides is 1. The van der Waals surface area contributed by atoms with Crippen molar-refractivity contribution >= 4 is 27.4 Å². The average molecular weight is 376 g/mol. The van der Waals surface area contributed by atoms with Crippen molar-refractivity contribution in [3.63, 3.8) is 0 Å². The predicted octanol–water partition coefficient (Wildman–Crippen LogP) is 2.33. The molecule has 7 nitrogen and oxygen atoms in total. The van der Waals surface area contributed by atoms with Crippen LogP contribution in [0.15, 0.2) is 53.4 Å². The molecule has 0 aliphatic heterocycles. The fourth-order valence-electron chi connectivity index (χ4n) is 2.23. The SMILES string of the molecule is CCOc1ccc(C(=O)CCC(=O)Nc2ccc(S(N)(=O)=O)cc2)cc1. The number of primary sulfonamides is 1. The highest BCUT2D eigenvalue weighted by atomic mass is 32.2. The summed E-state index contributed by atoms with van der Waals surface area (Å²) in [7, 11) is -3.77. The molecule has 3 N–H and O–H groups in total. The van der Waals surface area contributed by atoms with Crippen molar-refractivity contribution in [2.75, 3.05) is 11.9 Å². The molecule has 8 heteroatoms. The monoisotopic (exact) mass is 376 g/mol. The summed E-state index contributed by atoms with van der Waals surface area (Å²) in [6.07, 6.45) is 0.0814. The maximum atomic E-state index is 12.1. The van der Waals surface area contributed by atoms with Gasteiger partial charge in [-0.2, -0.15) is 0 Å². The van der Waals surface area contributed by atoms with Crippen molar-refractivity contribution in [2.45, 2.75) is 24.7 Å². The first-order valence-electron chi connectivity index (χ1n) is 7.98. The molecule has 0 aliphatic rings.